The molecule has 134 valence electrons. The molecule has 0 radical (unpaired) electrons. The summed E-state index contributed by atoms with van der Waals surface area (Å²) in [6.45, 7) is 6.39. The standard InChI is InChI=1S/C23H23BrO2/c1-15(2)7-6-8-16(3)11-12-17-19(24)13-14-21-22(17)23(25)18-9-4-5-10-20(18)26-21/h4-5,7,9-11,13-14H,6,8,12H2,1-3H3/b16-11-. The Morgan fingerprint density at radius 1 is 1.04 bits per heavy atom. The lowest BCUT2D eigenvalue weighted by Gasteiger charge is -2.08. The van der Waals surface area contributed by atoms with Crippen molar-refractivity contribution in [3.05, 3.63) is 80.0 Å². The van der Waals surface area contributed by atoms with Crippen LogP contribution in [0.4, 0.5) is 0 Å². The molecule has 0 N–H and O–H groups in total. The lowest BCUT2D eigenvalue weighted by atomic mass is 10.0. The van der Waals surface area contributed by atoms with E-state index in [4.69, 9.17) is 4.42 Å². The molecule has 2 nitrogen and oxygen atoms in total. The summed E-state index contributed by atoms with van der Waals surface area (Å²) < 4.78 is 6.92. The molecule has 0 atom stereocenters. The van der Waals surface area contributed by atoms with Crippen LogP contribution in [0, 0.1) is 0 Å². The van der Waals surface area contributed by atoms with Gasteiger partial charge in [0.05, 0.1) is 10.8 Å². The normalized spacial score (nSPS) is 11.9. The SMILES string of the molecule is CC(C)=CCC/C(C)=C\Cc1c(Br)ccc2oc3ccccc3c(=O)c12. The third-order valence-corrected chi connectivity index (χ3v) is 5.29. The third-order valence-electron chi connectivity index (χ3n) is 4.54. The first kappa shape index (κ1) is 18.7. The molecule has 0 amide bonds. The number of benzene rings is 2. The van der Waals surface area contributed by atoms with Crippen LogP contribution < -0.4 is 5.43 Å². The molecule has 1 heterocycles. The lowest BCUT2D eigenvalue weighted by molar-refractivity contribution is 0.659. The Bertz CT molecular complexity index is 1070. The number of hydrogen-bond acceptors (Lipinski definition) is 2. The summed E-state index contributed by atoms with van der Waals surface area (Å²) in [4.78, 5) is 13.0. The van der Waals surface area contributed by atoms with Crippen molar-refractivity contribution in [2.45, 2.75) is 40.0 Å². The van der Waals surface area contributed by atoms with Gasteiger partial charge in [-0.2, -0.15) is 0 Å². The molecule has 3 aromatic rings. The molecule has 0 unspecified atom stereocenters. The van der Waals surface area contributed by atoms with Crippen molar-refractivity contribution in [2.24, 2.45) is 0 Å². The van der Waals surface area contributed by atoms with Gasteiger partial charge in [0.15, 0.2) is 0 Å². The number of rotatable bonds is 5. The third kappa shape index (κ3) is 3.99. The molecule has 0 fully saturated rings. The topological polar surface area (TPSA) is 30.2 Å². The van der Waals surface area contributed by atoms with Crippen LogP contribution in [0.1, 0.15) is 39.2 Å². The predicted octanol–water partition coefficient (Wildman–Crippen LogP) is 6.94. The van der Waals surface area contributed by atoms with Crippen molar-refractivity contribution in [1.29, 1.82) is 0 Å². The van der Waals surface area contributed by atoms with Gasteiger partial charge in [0.25, 0.3) is 0 Å². The Morgan fingerprint density at radius 3 is 2.58 bits per heavy atom. The van der Waals surface area contributed by atoms with Gasteiger partial charge < -0.3 is 4.42 Å². The number of para-hydroxylation sites is 1. The van der Waals surface area contributed by atoms with Crippen LogP contribution in [-0.2, 0) is 6.42 Å². The second kappa shape index (κ2) is 8.05. The Hall–Kier alpha value is -2.13. The fourth-order valence-corrected chi connectivity index (χ4v) is 3.59. The zero-order valence-corrected chi connectivity index (χ0v) is 17.0. The van der Waals surface area contributed by atoms with Crippen LogP contribution in [-0.4, -0.2) is 0 Å². The average molecular weight is 411 g/mol. The smallest absolute Gasteiger partial charge is 0.200 e. The minimum Gasteiger partial charge on any atom is -0.456 e. The van der Waals surface area contributed by atoms with E-state index in [1.165, 1.54) is 11.1 Å². The van der Waals surface area contributed by atoms with Crippen molar-refractivity contribution < 1.29 is 4.42 Å². The van der Waals surface area contributed by atoms with E-state index < -0.39 is 0 Å². The fraction of sp³-hybridized carbons (Fsp3) is 0.261. The second-order valence-electron chi connectivity index (χ2n) is 6.90. The summed E-state index contributed by atoms with van der Waals surface area (Å²) in [6.07, 6.45) is 7.26. The monoisotopic (exact) mass is 410 g/mol. The molecule has 0 spiro atoms. The molecule has 0 bridgehead atoms. The van der Waals surface area contributed by atoms with Gasteiger partial charge in [-0.25, -0.2) is 0 Å². The predicted molar refractivity (Wildman–Crippen MR) is 114 cm³/mol. The summed E-state index contributed by atoms with van der Waals surface area (Å²) in [5.41, 5.74) is 4.97. The number of fused-ring (bicyclic) bond motifs is 2. The van der Waals surface area contributed by atoms with Crippen LogP contribution in [0.15, 0.2) is 73.4 Å². The molecular formula is C23H23BrO2. The highest BCUT2D eigenvalue weighted by Gasteiger charge is 2.13. The summed E-state index contributed by atoms with van der Waals surface area (Å²) in [5.74, 6) is 0. The molecule has 0 aliphatic carbocycles. The Labute approximate surface area is 162 Å². The van der Waals surface area contributed by atoms with E-state index in [-0.39, 0.29) is 5.43 Å². The molecule has 26 heavy (non-hydrogen) atoms. The van der Waals surface area contributed by atoms with E-state index in [0.29, 0.717) is 28.4 Å². The van der Waals surface area contributed by atoms with Gasteiger partial charge in [0, 0.05) is 4.47 Å². The minimum atomic E-state index is 0.0359. The van der Waals surface area contributed by atoms with Crippen molar-refractivity contribution >= 4 is 37.9 Å². The molecular weight excluding hydrogens is 388 g/mol. The summed E-state index contributed by atoms with van der Waals surface area (Å²) in [7, 11) is 0. The average Bonchev–Trinajstić information content (AvgIpc) is 2.61. The van der Waals surface area contributed by atoms with E-state index in [9.17, 15) is 4.79 Å². The zero-order chi connectivity index (χ0) is 18.7. The van der Waals surface area contributed by atoms with Gasteiger partial charge in [-0.1, -0.05) is 51.4 Å². The summed E-state index contributed by atoms with van der Waals surface area (Å²) >= 11 is 3.62. The first-order chi connectivity index (χ1) is 12.5. The Balaban J connectivity index is 2.02. The molecule has 0 aliphatic rings. The molecule has 3 rings (SSSR count). The molecule has 2 aromatic carbocycles. The lowest BCUT2D eigenvalue weighted by Crippen LogP contribution is -2.05. The highest BCUT2D eigenvalue weighted by Crippen LogP contribution is 2.28. The van der Waals surface area contributed by atoms with Crippen molar-refractivity contribution in [3.63, 3.8) is 0 Å². The summed E-state index contributed by atoms with van der Waals surface area (Å²) in [6, 6.07) is 11.2. The van der Waals surface area contributed by atoms with Gasteiger partial charge in [-0.05, 0) is 69.9 Å². The van der Waals surface area contributed by atoms with Gasteiger partial charge in [0.2, 0.25) is 5.43 Å². The maximum absolute atomic E-state index is 13.0. The van der Waals surface area contributed by atoms with Crippen molar-refractivity contribution in [1.82, 2.24) is 0 Å². The Kier molecular flexibility index (Phi) is 5.77. The molecule has 3 heteroatoms. The first-order valence-electron chi connectivity index (χ1n) is 8.89. The van der Waals surface area contributed by atoms with E-state index in [1.807, 2.05) is 36.4 Å². The number of halogens is 1. The van der Waals surface area contributed by atoms with E-state index in [0.717, 1.165) is 22.9 Å². The molecule has 0 saturated heterocycles. The maximum atomic E-state index is 13.0. The maximum Gasteiger partial charge on any atom is 0.200 e. The molecule has 0 aliphatic heterocycles. The largest absolute Gasteiger partial charge is 0.456 e. The van der Waals surface area contributed by atoms with Gasteiger partial charge in [-0.15, -0.1) is 0 Å². The first-order valence-corrected chi connectivity index (χ1v) is 9.68. The van der Waals surface area contributed by atoms with Crippen molar-refractivity contribution in [3.8, 4) is 0 Å². The van der Waals surface area contributed by atoms with Gasteiger partial charge in [0.1, 0.15) is 11.2 Å². The van der Waals surface area contributed by atoms with E-state index in [1.54, 1.807) is 0 Å². The number of hydrogen-bond donors (Lipinski definition) is 0. The van der Waals surface area contributed by atoms with Crippen molar-refractivity contribution in [2.75, 3.05) is 0 Å². The van der Waals surface area contributed by atoms with Crippen LogP contribution >= 0.6 is 15.9 Å². The van der Waals surface area contributed by atoms with Crippen LogP contribution in [0.5, 0.6) is 0 Å². The van der Waals surface area contributed by atoms with Crippen LogP contribution in [0.2, 0.25) is 0 Å². The highest BCUT2D eigenvalue weighted by atomic mass is 79.9. The quantitative estimate of drug-likeness (QED) is 0.336. The summed E-state index contributed by atoms with van der Waals surface area (Å²) in [5, 5.41) is 1.30. The van der Waals surface area contributed by atoms with Gasteiger partial charge in [-0.3, -0.25) is 4.79 Å². The van der Waals surface area contributed by atoms with Crippen LogP contribution in [0.3, 0.4) is 0 Å². The highest BCUT2D eigenvalue weighted by molar-refractivity contribution is 9.10. The number of allylic oxidation sites excluding steroid dienone is 4. The van der Waals surface area contributed by atoms with E-state index >= 15 is 0 Å². The fourth-order valence-electron chi connectivity index (χ4n) is 3.10. The van der Waals surface area contributed by atoms with E-state index in [2.05, 4.69) is 48.9 Å². The zero-order valence-electron chi connectivity index (χ0n) is 15.4. The minimum absolute atomic E-state index is 0.0359. The molecule has 1 aromatic heterocycles. The second-order valence-corrected chi connectivity index (χ2v) is 7.76. The van der Waals surface area contributed by atoms with Gasteiger partial charge >= 0.3 is 0 Å². The molecule has 0 saturated carbocycles. The Morgan fingerprint density at radius 2 is 1.81 bits per heavy atom. The van der Waals surface area contributed by atoms with Crippen LogP contribution in [0.25, 0.3) is 21.9 Å².